The Morgan fingerprint density at radius 3 is 2.63 bits per heavy atom. The molecule has 2 aromatic rings. The standard InChI is InChI=1S/C22H27N3O4S/c1-3-4-13-23-22(27)19-9-5-6-10-20(19)24-30(28,29)18-11-12-21-17(15-18)8-7-14-25(21)16(2)26/h5-6,9-12,15,24H,3-4,7-8,13-14H2,1-2H3,(H,23,27). The van der Waals surface area contributed by atoms with E-state index in [4.69, 9.17) is 0 Å². The summed E-state index contributed by atoms with van der Waals surface area (Å²) in [5.74, 6) is -0.378. The third kappa shape index (κ3) is 4.81. The molecule has 0 atom stereocenters. The van der Waals surface area contributed by atoms with Crippen LogP contribution < -0.4 is 14.9 Å². The number of benzene rings is 2. The molecule has 0 aromatic heterocycles. The molecule has 2 N–H and O–H groups in total. The molecule has 3 rings (SSSR count). The molecule has 0 saturated heterocycles. The summed E-state index contributed by atoms with van der Waals surface area (Å²) in [5.41, 5.74) is 2.08. The van der Waals surface area contributed by atoms with Gasteiger partial charge in [-0.25, -0.2) is 8.42 Å². The third-order valence-corrected chi connectivity index (χ3v) is 6.46. The summed E-state index contributed by atoms with van der Waals surface area (Å²) in [4.78, 5) is 26.1. The lowest BCUT2D eigenvalue weighted by Crippen LogP contribution is -2.33. The quantitative estimate of drug-likeness (QED) is 0.660. The summed E-state index contributed by atoms with van der Waals surface area (Å²) < 4.78 is 28.6. The highest BCUT2D eigenvalue weighted by Crippen LogP contribution is 2.30. The number of fused-ring (bicyclic) bond motifs is 1. The molecule has 0 saturated carbocycles. The lowest BCUT2D eigenvalue weighted by molar-refractivity contribution is -0.116. The number of rotatable bonds is 7. The van der Waals surface area contributed by atoms with Crippen LogP contribution in [-0.2, 0) is 21.2 Å². The summed E-state index contributed by atoms with van der Waals surface area (Å²) in [6.45, 7) is 4.70. The lowest BCUT2D eigenvalue weighted by Gasteiger charge is -2.28. The van der Waals surface area contributed by atoms with Gasteiger partial charge in [0.05, 0.1) is 16.1 Å². The molecule has 30 heavy (non-hydrogen) atoms. The Morgan fingerprint density at radius 2 is 1.90 bits per heavy atom. The molecular weight excluding hydrogens is 402 g/mol. The molecular formula is C22H27N3O4S. The van der Waals surface area contributed by atoms with Gasteiger partial charge in [-0.05, 0) is 55.2 Å². The van der Waals surface area contributed by atoms with Gasteiger partial charge in [0.25, 0.3) is 15.9 Å². The molecule has 2 aromatic carbocycles. The zero-order valence-corrected chi connectivity index (χ0v) is 18.1. The molecule has 0 radical (unpaired) electrons. The lowest BCUT2D eigenvalue weighted by atomic mass is 10.0. The van der Waals surface area contributed by atoms with Crippen molar-refractivity contribution in [2.75, 3.05) is 22.7 Å². The maximum absolute atomic E-state index is 13.0. The Bertz CT molecular complexity index is 1050. The van der Waals surface area contributed by atoms with Crippen LogP contribution in [0.5, 0.6) is 0 Å². The van der Waals surface area contributed by atoms with Gasteiger partial charge in [0.1, 0.15) is 0 Å². The summed E-state index contributed by atoms with van der Waals surface area (Å²) in [7, 11) is -3.90. The zero-order valence-electron chi connectivity index (χ0n) is 17.3. The number of unbranched alkanes of at least 4 members (excludes halogenated alkanes) is 1. The van der Waals surface area contributed by atoms with Crippen molar-refractivity contribution in [3.05, 3.63) is 53.6 Å². The predicted octanol–water partition coefficient (Wildman–Crippen LogP) is 3.32. The van der Waals surface area contributed by atoms with Gasteiger partial charge in [0, 0.05) is 25.7 Å². The average Bonchev–Trinajstić information content (AvgIpc) is 2.73. The Kier molecular flexibility index (Phi) is 6.77. The van der Waals surface area contributed by atoms with E-state index in [1.807, 2.05) is 6.92 Å². The topological polar surface area (TPSA) is 95.6 Å². The number of anilines is 2. The van der Waals surface area contributed by atoms with Crippen molar-refractivity contribution in [3.63, 3.8) is 0 Å². The number of carbonyl (C=O) groups excluding carboxylic acids is 2. The largest absolute Gasteiger partial charge is 0.352 e. The molecule has 0 spiro atoms. The van der Waals surface area contributed by atoms with Crippen molar-refractivity contribution in [3.8, 4) is 0 Å². The maximum atomic E-state index is 13.0. The van der Waals surface area contributed by atoms with E-state index >= 15 is 0 Å². The van der Waals surface area contributed by atoms with E-state index in [-0.39, 0.29) is 28.0 Å². The van der Waals surface area contributed by atoms with Gasteiger partial charge in [0.15, 0.2) is 0 Å². The van der Waals surface area contributed by atoms with Gasteiger partial charge in [-0.2, -0.15) is 0 Å². The number of carbonyl (C=O) groups is 2. The first-order chi connectivity index (χ1) is 14.3. The second-order valence-corrected chi connectivity index (χ2v) is 9.01. The first-order valence-corrected chi connectivity index (χ1v) is 11.6. The molecule has 8 heteroatoms. The van der Waals surface area contributed by atoms with E-state index in [9.17, 15) is 18.0 Å². The van der Waals surface area contributed by atoms with Crippen LogP contribution in [-0.4, -0.2) is 33.3 Å². The fraction of sp³-hybridized carbons (Fsp3) is 0.364. The minimum atomic E-state index is -3.90. The summed E-state index contributed by atoms with van der Waals surface area (Å²) >= 11 is 0. The SMILES string of the molecule is CCCCNC(=O)c1ccccc1NS(=O)(=O)c1ccc2c(c1)CCCN2C(C)=O. The molecule has 2 amide bonds. The normalized spacial score (nSPS) is 13.5. The molecule has 0 fully saturated rings. The number of hydrogen-bond donors (Lipinski definition) is 2. The van der Waals surface area contributed by atoms with Crippen LogP contribution in [0.4, 0.5) is 11.4 Å². The third-order valence-electron chi connectivity index (χ3n) is 5.09. The molecule has 1 aliphatic rings. The molecule has 1 heterocycles. The van der Waals surface area contributed by atoms with Crippen molar-refractivity contribution >= 4 is 33.2 Å². The minimum absolute atomic E-state index is 0.0623. The van der Waals surface area contributed by atoms with Crippen LogP contribution in [0, 0.1) is 0 Å². The van der Waals surface area contributed by atoms with Crippen LogP contribution in [0.2, 0.25) is 0 Å². The van der Waals surface area contributed by atoms with Crippen LogP contribution in [0.15, 0.2) is 47.4 Å². The molecule has 0 unspecified atom stereocenters. The number of amides is 2. The number of nitrogens with one attached hydrogen (secondary N) is 2. The van der Waals surface area contributed by atoms with Crippen LogP contribution in [0.25, 0.3) is 0 Å². The fourth-order valence-electron chi connectivity index (χ4n) is 3.52. The van der Waals surface area contributed by atoms with Gasteiger partial charge in [-0.15, -0.1) is 0 Å². The van der Waals surface area contributed by atoms with Gasteiger partial charge in [0.2, 0.25) is 5.91 Å². The Morgan fingerprint density at radius 1 is 1.13 bits per heavy atom. The molecule has 1 aliphatic heterocycles. The highest BCUT2D eigenvalue weighted by Gasteiger charge is 2.24. The monoisotopic (exact) mass is 429 g/mol. The highest BCUT2D eigenvalue weighted by atomic mass is 32.2. The van der Waals surface area contributed by atoms with E-state index in [1.54, 1.807) is 41.3 Å². The Balaban J connectivity index is 1.86. The number of nitrogens with zero attached hydrogens (tertiary/aromatic N) is 1. The number of para-hydroxylation sites is 1. The summed E-state index contributed by atoms with van der Waals surface area (Å²) in [6, 6.07) is 11.3. The van der Waals surface area contributed by atoms with Crippen LogP contribution >= 0.6 is 0 Å². The second-order valence-electron chi connectivity index (χ2n) is 7.33. The molecule has 7 nitrogen and oxygen atoms in total. The van der Waals surface area contributed by atoms with E-state index < -0.39 is 10.0 Å². The van der Waals surface area contributed by atoms with E-state index in [1.165, 1.54) is 13.0 Å². The molecule has 0 aliphatic carbocycles. The number of sulfonamides is 1. The van der Waals surface area contributed by atoms with E-state index in [0.717, 1.165) is 30.5 Å². The van der Waals surface area contributed by atoms with Crippen molar-refractivity contribution in [2.45, 2.75) is 44.4 Å². The van der Waals surface area contributed by atoms with Gasteiger partial charge in [-0.3, -0.25) is 14.3 Å². The number of hydrogen-bond acceptors (Lipinski definition) is 4. The van der Waals surface area contributed by atoms with Crippen molar-refractivity contribution in [1.82, 2.24) is 5.32 Å². The first kappa shape index (κ1) is 21.8. The first-order valence-electron chi connectivity index (χ1n) is 10.1. The fourth-order valence-corrected chi connectivity index (χ4v) is 4.65. The van der Waals surface area contributed by atoms with E-state index in [2.05, 4.69) is 10.0 Å². The van der Waals surface area contributed by atoms with Crippen LogP contribution in [0.1, 0.15) is 49.0 Å². The van der Waals surface area contributed by atoms with E-state index in [0.29, 0.717) is 19.5 Å². The van der Waals surface area contributed by atoms with Crippen LogP contribution in [0.3, 0.4) is 0 Å². The minimum Gasteiger partial charge on any atom is -0.352 e. The smallest absolute Gasteiger partial charge is 0.261 e. The zero-order chi connectivity index (χ0) is 21.7. The van der Waals surface area contributed by atoms with Crippen molar-refractivity contribution in [1.29, 1.82) is 0 Å². The molecule has 0 bridgehead atoms. The van der Waals surface area contributed by atoms with Crippen molar-refractivity contribution in [2.24, 2.45) is 0 Å². The Labute approximate surface area is 177 Å². The van der Waals surface area contributed by atoms with Crippen molar-refractivity contribution < 1.29 is 18.0 Å². The van der Waals surface area contributed by atoms with Gasteiger partial charge >= 0.3 is 0 Å². The average molecular weight is 430 g/mol. The molecule has 160 valence electrons. The number of aryl methyl sites for hydroxylation is 1. The maximum Gasteiger partial charge on any atom is 0.261 e. The summed E-state index contributed by atoms with van der Waals surface area (Å²) in [6.07, 6.45) is 3.29. The Hall–Kier alpha value is -2.87. The summed E-state index contributed by atoms with van der Waals surface area (Å²) in [5, 5.41) is 2.81. The van der Waals surface area contributed by atoms with Gasteiger partial charge < -0.3 is 10.2 Å². The van der Waals surface area contributed by atoms with Gasteiger partial charge in [-0.1, -0.05) is 25.5 Å². The highest BCUT2D eigenvalue weighted by molar-refractivity contribution is 7.92. The second kappa shape index (κ2) is 9.30. The predicted molar refractivity (Wildman–Crippen MR) is 117 cm³/mol.